The summed E-state index contributed by atoms with van der Waals surface area (Å²) in [6.45, 7) is 2.31. The number of hydroxylamine groups is 1. The van der Waals surface area contributed by atoms with E-state index in [0.29, 0.717) is 11.6 Å². The van der Waals surface area contributed by atoms with Crippen molar-refractivity contribution in [3.63, 3.8) is 0 Å². The number of carbonyl (C=O) groups is 3. The third-order valence-corrected chi connectivity index (χ3v) is 5.23. The second-order valence-electron chi connectivity index (χ2n) is 7.55. The van der Waals surface area contributed by atoms with Crippen molar-refractivity contribution in [2.75, 3.05) is 27.3 Å². The molecule has 2 aromatic carbocycles. The molecule has 0 spiro atoms. The highest BCUT2D eigenvalue weighted by molar-refractivity contribution is 6.08. The van der Waals surface area contributed by atoms with Gasteiger partial charge in [0.25, 0.3) is 17.7 Å². The number of ether oxygens (including phenoxy) is 1. The number of hydrogen-bond donors (Lipinski definition) is 4. The van der Waals surface area contributed by atoms with Gasteiger partial charge in [0.1, 0.15) is 0 Å². The lowest BCUT2D eigenvalue weighted by atomic mass is 10.1. The van der Waals surface area contributed by atoms with Crippen LogP contribution in [0.1, 0.15) is 27.0 Å². The Kier molecular flexibility index (Phi) is 8.16. The van der Waals surface area contributed by atoms with Gasteiger partial charge in [0.2, 0.25) is 0 Å². The molecule has 1 saturated heterocycles. The Hall–Kier alpha value is -3.71. The summed E-state index contributed by atoms with van der Waals surface area (Å²) in [5.74, 6) is 3.86. The Labute approximate surface area is 192 Å². The molecule has 9 nitrogen and oxygen atoms in total. The largest absolute Gasteiger partial charge is 0.378 e. The molecule has 1 unspecified atom stereocenters. The van der Waals surface area contributed by atoms with Gasteiger partial charge < -0.3 is 20.3 Å². The number of nitrogens with zero attached hydrogens (tertiary/aromatic N) is 1. The molecule has 2 aromatic rings. The van der Waals surface area contributed by atoms with E-state index in [1.807, 2.05) is 24.3 Å². The molecule has 1 atom stereocenters. The fourth-order valence-corrected chi connectivity index (χ4v) is 3.15. The second-order valence-corrected chi connectivity index (χ2v) is 7.55. The van der Waals surface area contributed by atoms with Crippen LogP contribution >= 0.6 is 0 Å². The average molecular weight is 450 g/mol. The minimum atomic E-state index is -1.51. The highest BCUT2D eigenvalue weighted by Gasteiger charge is 2.33. The zero-order valence-electron chi connectivity index (χ0n) is 18.4. The van der Waals surface area contributed by atoms with Crippen LogP contribution in [-0.4, -0.2) is 67.2 Å². The first kappa shape index (κ1) is 23.9. The number of amides is 3. The van der Waals surface area contributed by atoms with Crippen LogP contribution in [0.5, 0.6) is 0 Å². The molecule has 0 radical (unpaired) electrons. The van der Waals surface area contributed by atoms with Crippen molar-refractivity contribution in [3.8, 4) is 11.8 Å². The summed E-state index contributed by atoms with van der Waals surface area (Å²) >= 11 is 0. The zero-order chi connectivity index (χ0) is 23.8. The van der Waals surface area contributed by atoms with E-state index in [1.165, 1.54) is 25.1 Å². The number of hydrogen-bond acceptors (Lipinski definition) is 6. The molecule has 1 aliphatic rings. The Morgan fingerprint density at radius 1 is 1.03 bits per heavy atom. The molecule has 1 aliphatic heterocycles. The molecule has 0 aromatic heterocycles. The lowest BCUT2D eigenvalue weighted by molar-refractivity contribution is -0.140. The van der Waals surface area contributed by atoms with E-state index in [0.717, 1.165) is 30.2 Å². The SMILES string of the molecule is CNC(=O)C(C(=O)NO)N(C)C(=O)c1ccc(C#Cc2ccc(CNC3COC3)cc2)cc1. The standard InChI is InChI=1S/C24H26N4O5/c1-25-22(29)21(23(30)27-32)28(2)24(31)19-11-9-17(10-12-19)4-3-16-5-7-18(8-6-16)13-26-20-14-33-15-20/h5-12,20-21,26,32H,13-15H2,1-2H3,(H,25,29)(H,27,30). The monoisotopic (exact) mass is 450 g/mol. The van der Waals surface area contributed by atoms with Gasteiger partial charge in [0.15, 0.2) is 6.04 Å². The molecule has 0 saturated carbocycles. The molecule has 1 heterocycles. The Morgan fingerprint density at radius 2 is 1.61 bits per heavy atom. The molecule has 172 valence electrons. The number of nitrogens with one attached hydrogen (secondary N) is 3. The summed E-state index contributed by atoms with van der Waals surface area (Å²) in [4.78, 5) is 37.5. The topological polar surface area (TPSA) is 120 Å². The van der Waals surface area contributed by atoms with Crippen LogP contribution in [0.3, 0.4) is 0 Å². The van der Waals surface area contributed by atoms with E-state index >= 15 is 0 Å². The maximum Gasteiger partial charge on any atom is 0.275 e. The lowest BCUT2D eigenvalue weighted by Crippen LogP contribution is -2.54. The molecule has 9 heteroatoms. The zero-order valence-corrected chi connectivity index (χ0v) is 18.4. The van der Waals surface area contributed by atoms with Crippen molar-refractivity contribution in [3.05, 3.63) is 70.8 Å². The van der Waals surface area contributed by atoms with Gasteiger partial charge >= 0.3 is 0 Å². The van der Waals surface area contributed by atoms with E-state index in [-0.39, 0.29) is 5.56 Å². The van der Waals surface area contributed by atoms with Crippen LogP contribution < -0.4 is 16.1 Å². The first-order chi connectivity index (χ1) is 15.9. The number of benzene rings is 2. The van der Waals surface area contributed by atoms with Gasteiger partial charge in [-0.25, -0.2) is 5.48 Å². The van der Waals surface area contributed by atoms with Crippen molar-refractivity contribution in [2.45, 2.75) is 18.6 Å². The van der Waals surface area contributed by atoms with Gasteiger partial charge in [-0.1, -0.05) is 24.0 Å². The smallest absolute Gasteiger partial charge is 0.275 e. The van der Waals surface area contributed by atoms with Crippen LogP contribution in [0.25, 0.3) is 0 Å². The summed E-state index contributed by atoms with van der Waals surface area (Å²) < 4.78 is 5.14. The number of likely N-dealkylation sites (N-methyl/N-ethyl adjacent to an activating group) is 2. The predicted molar refractivity (Wildman–Crippen MR) is 120 cm³/mol. The van der Waals surface area contributed by atoms with E-state index in [1.54, 1.807) is 24.3 Å². The van der Waals surface area contributed by atoms with E-state index in [4.69, 9.17) is 9.94 Å². The van der Waals surface area contributed by atoms with Crippen molar-refractivity contribution in [1.82, 2.24) is 21.0 Å². The van der Waals surface area contributed by atoms with Crippen LogP contribution in [0.2, 0.25) is 0 Å². The molecule has 0 aliphatic carbocycles. The molecular formula is C24H26N4O5. The third kappa shape index (κ3) is 6.17. The molecule has 33 heavy (non-hydrogen) atoms. The van der Waals surface area contributed by atoms with Gasteiger partial charge in [-0.3, -0.25) is 19.6 Å². The Bertz CT molecular complexity index is 1040. The van der Waals surface area contributed by atoms with Crippen molar-refractivity contribution in [1.29, 1.82) is 0 Å². The van der Waals surface area contributed by atoms with Gasteiger partial charge in [-0.2, -0.15) is 0 Å². The maximum absolute atomic E-state index is 12.7. The lowest BCUT2D eigenvalue weighted by Gasteiger charge is -2.26. The summed E-state index contributed by atoms with van der Waals surface area (Å²) in [5.41, 5.74) is 4.43. The first-order valence-electron chi connectivity index (χ1n) is 10.4. The normalized spacial score (nSPS) is 13.7. The van der Waals surface area contributed by atoms with Gasteiger partial charge in [0, 0.05) is 37.3 Å². The molecule has 3 amide bonds. The van der Waals surface area contributed by atoms with Crippen LogP contribution in [0, 0.1) is 11.8 Å². The Balaban J connectivity index is 1.63. The highest BCUT2D eigenvalue weighted by Crippen LogP contribution is 2.10. The minimum Gasteiger partial charge on any atom is -0.378 e. The molecule has 4 N–H and O–H groups in total. The van der Waals surface area contributed by atoms with Crippen molar-refractivity contribution in [2.24, 2.45) is 0 Å². The molecule has 3 rings (SSSR count). The molecule has 0 bridgehead atoms. The van der Waals surface area contributed by atoms with Gasteiger partial charge in [-0.15, -0.1) is 0 Å². The minimum absolute atomic E-state index is 0.274. The first-order valence-corrected chi connectivity index (χ1v) is 10.4. The summed E-state index contributed by atoms with van der Waals surface area (Å²) in [5, 5.41) is 14.6. The second kappa shape index (κ2) is 11.2. The van der Waals surface area contributed by atoms with Crippen LogP contribution in [0.4, 0.5) is 0 Å². The maximum atomic E-state index is 12.7. The summed E-state index contributed by atoms with van der Waals surface area (Å²) in [6.07, 6.45) is 0. The highest BCUT2D eigenvalue weighted by atomic mass is 16.5. The number of rotatable bonds is 7. The fourth-order valence-electron chi connectivity index (χ4n) is 3.15. The number of carbonyl (C=O) groups excluding carboxylic acids is 3. The van der Waals surface area contributed by atoms with Crippen molar-refractivity contribution < 1.29 is 24.3 Å². The van der Waals surface area contributed by atoms with E-state index < -0.39 is 23.8 Å². The molecular weight excluding hydrogens is 424 g/mol. The van der Waals surface area contributed by atoms with Gasteiger partial charge in [-0.05, 0) is 42.0 Å². The van der Waals surface area contributed by atoms with Crippen molar-refractivity contribution >= 4 is 17.7 Å². The Morgan fingerprint density at radius 3 is 2.09 bits per heavy atom. The average Bonchev–Trinajstić information content (AvgIpc) is 2.82. The third-order valence-electron chi connectivity index (χ3n) is 5.23. The quantitative estimate of drug-likeness (QED) is 0.208. The fraction of sp³-hybridized carbons (Fsp3) is 0.292. The van der Waals surface area contributed by atoms with E-state index in [9.17, 15) is 14.4 Å². The summed E-state index contributed by atoms with van der Waals surface area (Å²) in [6, 6.07) is 13.4. The van der Waals surface area contributed by atoms with Gasteiger partial charge in [0.05, 0.1) is 19.3 Å². The molecule has 1 fully saturated rings. The van der Waals surface area contributed by atoms with Crippen LogP contribution in [0.15, 0.2) is 48.5 Å². The van der Waals surface area contributed by atoms with E-state index in [2.05, 4.69) is 22.5 Å². The van der Waals surface area contributed by atoms with Crippen LogP contribution in [-0.2, 0) is 20.9 Å². The predicted octanol–water partition coefficient (Wildman–Crippen LogP) is 0.267. The summed E-state index contributed by atoms with van der Waals surface area (Å²) in [7, 11) is 2.64.